The van der Waals surface area contributed by atoms with E-state index in [1.807, 2.05) is 30.3 Å². The van der Waals surface area contributed by atoms with Crippen molar-refractivity contribution in [3.8, 4) is 6.07 Å². The Balaban J connectivity index is 1.65. The number of rotatable bonds is 3. The molecule has 23 heavy (non-hydrogen) atoms. The Labute approximate surface area is 133 Å². The highest BCUT2D eigenvalue weighted by Gasteiger charge is 2.07. The first-order valence-electron chi connectivity index (χ1n) is 7.02. The van der Waals surface area contributed by atoms with Crippen LogP contribution in [0.25, 0.3) is 10.8 Å². The topological polar surface area (TPSA) is 75.0 Å². The van der Waals surface area contributed by atoms with Crippen LogP contribution in [0.5, 0.6) is 0 Å². The van der Waals surface area contributed by atoms with Crippen LogP contribution in [-0.4, -0.2) is 11.1 Å². The second-order valence-corrected chi connectivity index (χ2v) is 4.91. The summed E-state index contributed by atoms with van der Waals surface area (Å²) in [5.74, 6) is 0. The van der Waals surface area contributed by atoms with Gasteiger partial charge in [-0.05, 0) is 29.8 Å². The zero-order chi connectivity index (χ0) is 16.1. The van der Waals surface area contributed by atoms with Crippen LogP contribution in [-0.2, 0) is 11.3 Å². The highest BCUT2D eigenvalue weighted by atomic mass is 16.5. The summed E-state index contributed by atoms with van der Waals surface area (Å²) in [4.78, 5) is 16.0. The summed E-state index contributed by atoms with van der Waals surface area (Å²) in [6.45, 7) is 0.143. The molecule has 0 unspecified atom stereocenters. The van der Waals surface area contributed by atoms with Gasteiger partial charge in [-0.15, -0.1) is 0 Å². The summed E-state index contributed by atoms with van der Waals surface area (Å²) >= 11 is 0. The van der Waals surface area contributed by atoms with Gasteiger partial charge in [0.25, 0.3) is 0 Å². The molecule has 3 rings (SSSR count). The molecule has 1 aromatic heterocycles. The maximum absolute atomic E-state index is 12.0. The minimum Gasteiger partial charge on any atom is -0.444 e. The smallest absolute Gasteiger partial charge is 0.411 e. The van der Waals surface area contributed by atoms with Crippen LogP contribution in [0, 0.1) is 11.3 Å². The van der Waals surface area contributed by atoms with E-state index in [-0.39, 0.29) is 6.61 Å². The maximum Gasteiger partial charge on any atom is 0.411 e. The van der Waals surface area contributed by atoms with Gasteiger partial charge in [0.2, 0.25) is 0 Å². The average Bonchev–Trinajstić information content (AvgIpc) is 2.61. The van der Waals surface area contributed by atoms with Gasteiger partial charge in [-0.2, -0.15) is 5.26 Å². The Hall–Kier alpha value is -3.39. The summed E-state index contributed by atoms with van der Waals surface area (Å²) in [7, 11) is 0. The molecule has 0 atom stereocenters. The lowest BCUT2D eigenvalue weighted by atomic mass is 10.1. The number of carbonyl (C=O) groups is 1. The Morgan fingerprint density at radius 1 is 1.17 bits per heavy atom. The van der Waals surface area contributed by atoms with Crippen molar-refractivity contribution < 1.29 is 9.53 Å². The number of nitrogens with zero attached hydrogens (tertiary/aromatic N) is 2. The first-order valence-corrected chi connectivity index (χ1v) is 7.02. The summed E-state index contributed by atoms with van der Waals surface area (Å²) < 4.78 is 5.21. The van der Waals surface area contributed by atoms with E-state index >= 15 is 0 Å². The van der Waals surface area contributed by atoms with Gasteiger partial charge >= 0.3 is 6.09 Å². The number of amides is 1. The Morgan fingerprint density at radius 3 is 2.78 bits per heavy atom. The molecule has 5 heteroatoms. The highest BCUT2D eigenvalue weighted by Crippen LogP contribution is 2.22. The molecule has 0 aliphatic carbocycles. The van der Waals surface area contributed by atoms with Crippen molar-refractivity contribution in [2.24, 2.45) is 0 Å². The molecular formula is C18H13N3O2. The number of benzene rings is 2. The van der Waals surface area contributed by atoms with E-state index in [1.165, 1.54) is 0 Å². The third-order valence-corrected chi connectivity index (χ3v) is 3.37. The molecule has 0 saturated carbocycles. The molecule has 0 aliphatic heterocycles. The van der Waals surface area contributed by atoms with E-state index in [2.05, 4.69) is 10.3 Å². The van der Waals surface area contributed by atoms with Crippen molar-refractivity contribution in [1.82, 2.24) is 4.98 Å². The fourth-order valence-corrected chi connectivity index (χ4v) is 2.20. The van der Waals surface area contributed by atoms with Crippen LogP contribution in [0.3, 0.4) is 0 Å². The molecule has 112 valence electrons. The Kier molecular flexibility index (Phi) is 4.16. The zero-order valence-electron chi connectivity index (χ0n) is 12.2. The van der Waals surface area contributed by atoms with E-state index in [0.29, 0.717) is 11.3 Å². The third kappa shape index (κ3) is 3.44. The zero-order valence-corrected chi connectivity index (χ0v) is 12.2. The number of hydrogen-bond acceptors (Lipinski definition) is 4. The van der Waals surface area contributed by atoms with E-state index in [4.69, 9.17) is 10.00 Å². The molecular weight excluding hydrogens is 290 g/mol. The van der Waals surface area contributed by atoms with Crippen molar-refractivity contribution in [3.05, 3.63) is 72.1 Å². The predicted octanol–water partition coefficient (Wildman–Crippen LogP) is 3.86. The Morgan fingerprint density at radius 2 is 2.00 bits per heavy atom. The summed E-state index contributed by atoms with van der Waals surface area (Å²) in [6.07, 6.45) is 2.89. The van der Waals surface area contributed by atoms with Crippen molar-refractivity contribution in [3.63, 3.8) is 0 Å². The standard InChI is InChI=1S/C18H13N3O2/c19-10-13-4-6-14(7-5-13)12-23-18(22)21-17-3-1-2-15-11-20-9-8-16(15)17/h1-9,11H,12H2,(H,21,22). The van der Waals surface area contributed by atoms with Gasteiger partial charge in [-0.3, -0.25) is 10.3 Å². The predicted molar refractivity (Wildman–Crippen MR) is 86.7 cm³/mol. The summed E-state index contributed by atoms with van der Waals surface area (Å²) in [6, 6.07) is 16.4. The van der Waals surface area contributed by atoms with Crippen LogP contribution in [0.4, 0.5) is 10.5 Å². The molecule has 1 N–H and O–H groups in total. The van der Waals surface area contributed by atoms with E-state index < -0.39 is 6.09 Å². The third-order valence-electron chi connectivity index (χ3n) is 3.37. The first-order chi connectivity index (χ1) is 11.3. The second kappa shape index (κ2) is 6.58. The normalized spacial score (nSPS) is 10.0. The number of aromatic nitrogens is 1. The molecule has 1 amide bonds. The molecule has 0 aliphatic rings. The van der Waals surface area contributed by atoms with Gasteiger partial charge < -0.3 is 4.74 Å². The number of fused-ring (bicyclic) bond motifs is 1. The van der Waals surface area contributed by atoms with Crippen molar-refractivity contribution in [1.29, 1.82) is 5.26 Å². The monoisotopic (exact) mass is 303 g/mol. The van der Waals surface area contributed by atoms with Gasteiger partial charge in [0.1, 0.15) is 6.61 Å². The molecule has 0 spiro atoms. The second-order valence-electron chi connectivity index (χ2n) is 4.91. The number of hydrogen-bond donors (Lipinski definition) is 1. The number of nitriles is 1. The number of nitrogens with one attached hydrogen (secondary N) is 1. The average molecular weight is 303 g/mol. The quantitative estimate of drug-likeness (QED) is 0.797. The number of anilines is 1. The minimum atomic E-state index is -0.529. The molecule has 0 radical (unpaired) electrons. The summed E-state index contributed by atoms with van der Waals surface area (Å²) in [5, 5.41) is 13.3. The van der Waals surface area contributed by atoms with Gasteiger partial charge in [0.15, 0.2) is 0 Å². The molecule has 0 fully saturated rings. The van der Waals surface area contributed by atoms with Crippen LogP contribution in [0.2, 0.25) is 0 Å². The van der Waals surface area contributed by atoms with Crippen LogP contribution in [0.1, 0.15) is 11.1 Å². The van der Waals surface area contributed by atoms with E-state index in [1.54, 1.807) is 36.7 Å². The molecule has 0 saturated heterocycles. The summed E-state index contributed by atoms with van der Waals surface area (Å²) in [5.41, 5.74) is 2.07. The van der Waals surface area contributed by atoms with E-state index in [0.717, 1.165) is 16.3 Å². The van der Waals surface area contributed by atoms with Crippen molar-refractivity contribution in [2.45, 2.75) is 6.61 Å². The van der Waals surface area contributed by atoms with Crippen LogP contribution in [0.15, 0.2) is 60.9 Å². The fraction of sp³-hybridized carbons (Fsp3) is 0.0556. The lowest BCUT2D eigenvalue weighted by Gasteiger charge is -2.09. The van der Waals surface area contributed by atoms with Gasteiger partial charge in [-0.1, -0.05) is 24.3 Å². The highest BCUT2D eigenvalue weighted by molar-refractivity contribution is 5.99. The Bertz CT molecular complexity index is 877. The van der Waals surface area contributed by atoms with Crippen molar-refractivity contribution in [2.75, 3.05) is 5.32 Å². The molecule has 0 bridgehead atoms. The fourth-order valence-electron chi connectivity index (χ4n) is 2.20. The first kappa shape index (κ1) is 14.5. The minimum absolute atomic E-state index is 0.143. The molecule has 5 nitrogen and oxygen atoms in total. The lowest BCUT2D eigenvalue weighted by Crippen LogP contribution is -2.13. The number of pyridine rings is 1. The van der Waals surface area contributed by atoms with Gasteiger partial charge in [-0.25, -0.2) is 4.79 Å². The SMILES string of the molecule is N#Cc1ccc(COC(=O)Nc2cccc3cnccc23)cc1. The van der Waals surface area contributed by atoms with Crippen LogP contribution >= 0.6 is 0 Å². The van der Waals surface area contributed by atoms with Gasteiger partial charge in [0.05, 0.1) is 17.3 Å². The number of ether oxygens (including phenoxy) is 1. The molecule has 1 heterocycles. The molecule has 3 aromatic rings. The molecule has 2 aromatic carbocycles. The van der Waals surface area contributed by atoms with Crippen molar-refractivity contribution >= 4 is 22.6 Å². The lowest BCUT2D eigenvalue weighted by molar-refractivity contribution is 0.155. The number of carbonyl (C=O) groups excluding carboxylic acids is 1. The van der Waals surface area contributed by atoms with Gasteiger partial charge in [0, 0.05) is 23.2 Å². The van der Waals surface area contributed by atoms with E-state index in [9.17, 15) is 4.79 Å². The largest absolute Gasteiger partial charge is 0.444 e. The maximum atomic E-state index is 12.0. The van der Waals surface area contributed by atoms with Crippen LogP contribution < -0.4 is 5.32 Å².